The van der Waals surface area contributed by atoms with Gasteiger partial charge in [0.2, 0.25) is 5.91 Å². The van der Waals surface area contributed by atoms with Gasteiger partial charge in [0.15, 0.2) is 0 Å². The molecule has 22 heavy (non-hydrogen) atoms. The molecule has 0 fully saturated rings. The number of carbonyl (C=O) groups is 1. The van der Waals surface area contributed by atoms with E-state index in [9.17, 15) is 22.8 Å². The molecule has 0 aromatic carbocycles. The molecule has 0 radical (unpaired) electrons. The van der Waals surface area contributed by atoms with Gasteiger partial charge in [0.1, 0.15) is 17.9 Å². The SMILES string of the molecule is C=CCN(CC(F)(F)F)C(=O)Cn1cnc2sccc2c1=O. The molecule has 0 aliphatic carbocycles. The van der Waals surface area contributed by atoms with Crippen LogP contribution in [0.15, 0.2) is 35.2 Å². The standard InChI is InChI=1S/C13H12F3N3O2S/c1-2-4-18(7-13(14,15)16)10(20)6-19-8-17-11-9(12(19)21)3-5-22-11/h2-3,5,8H,1,4,6-7H2. The van der Waals surface area contributed by atoms with Gasteiger partial charge in [0.25, 0.3) is 5.56 Å². The van der Waals surface area contributed by atoms with Crippen LogP contribution in [0, 0.1) is 0 Å². The number of aromatic nitrogens is 2. The number of amides is 1. The fourth-order valence-electron chi connectivity index (χ4n) is 1.88. The van der Waals surface area contributed by atoms with Crippen LogP contribution in [-0.4, -0.2) is 39.6 Å². The predicted octanol–water partition coefficient (Wildman–Crippen LogP) is 2.03. The lowest BCUT2D eigenvalue weighted by Crippen LogP contribution is -2.42. The fourth-order valence-corrected chi connectivity index (χ4v) is 2.60. The molecule has 2 heterocycles. The molecule has 0 atom stereocenters. The molecule has 5 nitrogen and oxygen atoms in total. The zero-order valence-corrected chi connectivity index (χ0v) is 12.2. The average Bonchev–Trinajstić information content (AvgIpc) is 2.89. The van der Waals surface area contributed by atoms with Crippen LogP contribution in [0.5, 0.6) is 0 Å². The number of halogens is 3. The van der Waals surface area contributed by atoms with E-state index in [0.29, 0.717) is 15.1 Å². The second-order valence-corrected chi connectivity index (χ2v) is 5.39. The van der Waals surface area contributed by atoms with Crippen molar-refractivity contribution in [1.29, 1.82) is 0 Å². The Morgan fingerprint density at radius 3 is 2.86 bits per heavy atom. The lowest BCUT2D eigenvalue weighted by Gasteiger charge is -2.22. The van der Waals surface area contributed by atoms with Crippen molar-refractivity contribution in [2.75, 3.05) is 13.1 Å². The molecule has 0 aliphatic heterocycles. The molecule has 0 spiro atoms. The highest BCUT2D eigenvalue weighted by Gasteiger charge is 2.32. The summed E-state index contributed by atoms with van der Waals surface area (Å²) in [5.41, 5.74) is -0.454. The number of fused-ring (bicyclic) bond motifs is 1. The van der Waals surface area contributed by atoms with Crippen LogP contribution in [0.2, 0.25) is 0 Å². The molecular formula is C13H12F3N3O2S. The topological polar surface area (TPSA) is 55.2 Å². The minimum atomic E-state index is -4.51. The van der Waals surface area contributed by atoms with E-state index in [0.717, 1.165) is 4.57 Å². The highest BCUT2D eigenvalue weighted by atomic mass is 32.1. The van der Waals surface area contributed by atoms with Gasteiger partial charge in [-0.3, -0.25) is 14.2 Å². The minimum Gasteiger partial charge on any atom is -0.328 e. The molecule has 0 bridgehead atoms. The maximum absolute atomic E-state index is 12.5. The van der Waals surface area contributed by atoms with Crippen molar-refractivity contribution in [1.82, 2.24) is 14.5 Å². The largest absolute Gasteiger partial charge is 0.406 e. The van der Waals surface area contributed by atoms with Crippen molar-refractivity contribution >= 4 is 27.5 Å². The molecule has 2 aromatic rings. The summed E-state index contributed by atoms with van der Waals surface area (Å²) in [5.74, 6) is -0.823. The molecule has 0 saturated carbocycles. The Labute approximate surface area is 127 Å². The van der Waals surface area contributed by atoms with Crippen LogP contribution in [0.3, 0.4) is 0 Å². The normalized spacial score (nSPS) is 11.6. The van der Waals surface area contributed by atoms with E-state index in [4.69, 9.17) is 0 Å². The molecule has 118 valence electrons. The maximum Gasteiger partial charge on any atom is 0.406 e. The summed E-state index contributed by atoms with van der Waals surface area (Å²) in [4.78, 5) is 29.2. The van der Waals surface area contributed by atoms with Gasteiger partial charge in [0, 0.05) is 6.54 Å². The monoisotopic (exact) mass is 331 g/mol. The highest BCUT2D eigenvalue weighted by molar-refractivity contribution is 7.16. The Hall–Kier alpha value is -2.16. The van der Waals surface area contributed by atoms with Crippen molar-refractivity contribution in [3.63, 3.8) is 0 Å². The van der Waals surface area contributed by atoms with Crippen molar-refractivity contribution in [2.45, 2.75) is 12.7 Å². The van der Waals surface area contributed by atoms with Crippen molar-refractivity contribution < 1.29 is 18.0 Å². The molecule has 2 aromatic heterocycles. The van der Waals surface area contributed by atoms with Crippen LogP contribution in [0.4, 0.5) is 13.2 Å². The average molecular weight is 331 g/mol. The number of nitrogens with zero attached hydrogens (tertiary/aromatic N) is 3. The van der Waals surface area contributed by atoms with Crippen molar-refractivity contribution in [3.8, 4) is 0 Å². The quantitative estimate of drug-likeness (QED) is 0.788. The Bertz CT molecular complexity index is 751. The maximum atomic E-state index is 12.5. The summed E-state index contributed by atoms with van der Waals surface area (Å²) in [6.45, 7) is 1.20. The highest BCUT2D eigenvalue weighted by Crippen LogP contribution is 2.17. The molecule has 1 amide bonds. The summed E-state index contributed by atoms with van der Waals surface area (Å²) in [6, 6.07) is 1.56. The predicted molar refractivity (Wildman–Crippen MR) is 76.7 cm³/mol. The Morgan fingerprint density at radius 2 is 2.23 bits per heavy atom. The first-order chi connectivity index (χ1) is 10.3. The number of thiophene rings is 1. The number of hydrogen-bond donors (Lipinski definition) is 0. The van der Waals surface area contributed by atoms with Crippen molar-refractivity contribution in [3.05, 3.63) is 40.8 Å². The van der Waals surface area contributed by atoms with E-state index in [1.165, 1.54) is 23.7 Å². The van der Waals surface area contributed by atoms with Gasteiger partial charge in [-0.2, -0.15) is 13.2 Å². The van der Waals surface area contributed by atoms with E-state index in [-0.39, 0.29) is 6.54 Å². The fraction of sp³-hybridized carbons (Fsp3) is 0.308. The smallest absolute Gasteiger partial charge is 0.328 e. The first-order valence-electron chi connectivity index (χ1n) is 6.20. The van der Waals surface area contributed by atoms with Gasteiger partial charge in [0.05, 0.1) is 11.7 Å². The van der Waals surface area contributed by atoms with Gasteiger partial charge < -0.3 is 4.90 Å². The molecule has 2 rings (SSSR count). The van der Waals surface area contributed by atoms with Crippen molar-refractivity contribution in [2.24, 2.45) is 0 Å². The summed E-state index contributed by atoms with van der Waals surface area (Å²) in [7, 11) is 0. The number of rotatable bonds is 5. The third-order valence-electron chi connectivity index (χ3n) is 2.83. The first kappa shape index (κ1) is 16.2. The van der Waals surface area contributed by atoms with Gasteiger partial charge in [-0.1, -0.05) is 6.08 Å². The van der Waals surface area contributed by atoms with Crippen LogP contribution >= 0.6 is 11.3 Å². The number of hydrogen-bond acceptors (Lipinski definition) is 4. The Morgan fingerprint density at radius 1 is 1.50 bits per heavy atom. The summed E-state index contributed by atoms with van der Waals surface area (Å²) < 4.78 is 38.4. The first-order valence-corrected chi connectivity index (χ1v) is 7.08. The number of carbonyl (C=O) groups excluding carboxylic acids is 1. The van der Waals surface area contributed by atoms with Crippen LogP contribution in [-0.2, 0) is 11.3 Å². The molecule has 0 N–H and O–H groups in total. The molecule has 0 aliphatic rings. The van der Waals surface area contributed by atoms with E-state index in [1.807, 2.05) is 0 Å². The zero-order valence-electron chi connectivity index (χ0n) is 11.3. The third-order valence-corrected chi connectivity index (χ3v) is 3.65. The number of alkyl halides is 3. The van der Waals surface area contributed by atoms with Gasteiger partial charge in [-0.05, 0) is 11.4 Å². The van der Waals surface area contributed by atoms with Crippen LogP contribution < -0.4 is 5.56 Å². The zero-order chi connectivity index (χ0) is 16.3. The molecule has 0 saturated heterocycles. The minimum absolute atomic E-state index is 0.249. The second-order valence-electron chi connectivity index (χ2n) is 4.50. The summed E-state index contributed by atoms with van der Waals surface area (Å²) >= 11 is 1.27. The Kier molecular flexibility index (Phi) is 4.65. The molecule has 0 unspecified atom stereocenters. The summed E-state index contributed by atoms with van der Waals surface area (Å²) in [5, 5.41) is 2.02. The van der Waals surface area contributed by atoms with Gasteiger partial charge in [-0.15, -0.1) is 17.9 Å². The van der Waals surface area contributed by atoms with E-state index in [2.05, 4.69) is 11.6 Å². The third kappa shape index (κ3) is 3.73. The van der Waals surface area contributed by atoms with E-state index >= 15 is 0 Å². The second kappa shape index (κ2) is 6.30. The van der Waals surface area contributed by atoms with Gasteiger partial charge in [-0.25, -0.2) is 4.98 Å². The van der Waals surface area contributed by atoms with E-state index in [1.54, 1.807) is 11.4 Å². The lowest BCUT2D eigenvalue weighted by atomic mass is 10.4. The summed E-state index contributed by atoms with van der Waals surface area (Å²) in [6.07, 6.45) is -2.15. The van der Waals surface area contributed by atoms with Gasteiger partial charge >= 0.3 is 6.18 Å². The Balaban J connectivity index is 2.22. The van der Waals surface area contributed by atoms with E-state index < -0.39 is 30.7 Å². The molecular weight excluding hydrogens is 319 g/mol. The van der Waals surface area contributed by atoms with Crippen LogP contribution in [0.25, 0.3) is 10.2 Å². The molecule has 9 heteroatoms. The lowest BCUT2D eigenvalue weighted by molar-refractivity contribution is -0.160. The van der Waals surface area contributed by atoms with Crippen LogP contribution in [0.1, 0.15) is 0 Å².